The van der Waals surface area contributed by atoms with Crippen LogP contribution in [0, 0.1) is 0 Å². The molecule has 0 bridgehead atoms. The lowest BCUT2D eigenvalue weighted by molar-refractivity contribution is 0.0696. The van der Waals surface area contributed by atoms with Crippen molar-refractivity contribution in [2.24, 2.45) is 0 Å². The van der Waals surface area contributed by atoms with Crippen LogP contribution in [0.1, 0.15) is 36.1 Å². The molecule has 11 nitrogen and oxygen atoms in total. The van der Waals surface area contributed by atoms with Gasteiger partial charge in [0.1, 0.15) is 12.1 Å². The number of halogens is 1. The molecule has 0 aliphatic rings. The van der Waals surface area contributed by atoms with Crippen molar-refractivity contribution in [2.75, 3.05) is 5.32 Å². The quantitative estimate of drug-likeness (QED) is 0.173. The third-order valence-electron chi connectivity index (χ3n) is 6.87. The molecular weight excluding hydrogens is 618 g/mol. The highest BCUT2D eigenvalue weighted by molar-refractivity contribution is 7.16. The molecule has 0 amide bonds. The van der Waals surface area contributed by atoms with Gasteiger partial charge >= 0.3 is 5.97 Å². The largest absolute Gasteiger partial charge is 0.478 e. The first-order chi connectivity index (χ1) is 21.8. The minimum atomic E-state index is -1.11. The maximum absolute atomic E-state index is 13.6. The monoisotopic (exact) mass is 639 g/mol. The Labute approximate surface area is 263 Å². The summed E-state index contributed by atoms with van der Waals surface area (Å²) in [5.41, 5.74) is 1.77. The van der Waals surface area contributed by atoms with Gasteiger partial charge in [0.05, 0.1) is 34.4 Å². The van der Waals surface area contributed by atoms with Gasteiger partial charge in [0.2, 0.25) is 5.78 Å². The van der Waals surface area contributed by atoms with Gasteiger partial charge in [-0.05, 0) is 48.0 Å². The molecule has 4 aromatic heterocycles. The zero-order chi connectivity index (χ0) is 31.5. The standard InChI is InChI=1S/C32H22ClN5O6S/c33-28-11-10-23(45-28)17-34-29-16-25(35-38(29)31(41)20-6-8-21(9-7-20)32(42)43)22-14-26(19-4-2-1-3-5-19)37(30(40)15-22)18-27(39)24-12-13-44-36-24/h1-16,34H,17-18H2,(H,42,43). The number of anilines is 1. The third kappa shape index (κ3) is 6.37. The van der Waals surface area contributed by atoms with E-state index in [1.807, 2.05) is 36.4 Å². The van der Waals surface area contributed by atoms with Crippen LogP contribution >= 0.6 is 22.9 Å². The zero-order valence-electron chi connectivity index (χ0n) is 23.2. The molecule has 0 radical (unpaired) electrons. The highest BCUT2D eigenvalue weighted by Gasteiger charge is 2.21. The number of hydrogen-bond donors (Lipinski definition) is 2. The number of carbonyl (C=O) groups is 3. The summed E-state index contributed by atoms with van der Waals surface area (Å²) in [4.78, 5) is 52.3. The Balaban J connectivity index is 1.42. The third-order valence-corrected chi connectivity index (χ3v) is 8.10. The van der Waals surface area contributed by atoms with Gasteiger partial charge in [-0.3, -0.25) is 14.4 Å². The smallest absolute Gasteiger partial charge is 0.335 e. The molecule has 0 fully saturated rings. The van der Waals surface area contributed by atoms with Crippen molar-refractivity contribution in [1.29, 1.82) is 0 Å². The Kier molecular flexibility index (Phi) is 8.23. The Morgan fingerprint density at radius 3 is 2.33 bits per heavy atom. The number of carbonyl (C=O) groups excluding carboxylic acids is 2. The summed E-state index contributed by atoms with van der Waals surface area (Å²) in [5, 5.41) is 20.7. The lowest BCUT2D eigenvalue weighted by Crippen LogP contribution is -2.25. The Morgan fingerprint density at radius 2 is 1.67 bits per heavy atom. The second-order valence-electron chi connectivity index (χ2n) is 9.80. The number of nitrogens with one attached hydrogen (secondary N) is 1. The van der Waals surface area contributed by atoms with Crippen LogP contribution in [0.2, 0.25) is 4.34 Å². The second-order valence-corrected chi connectivity index (χ2v) is 11.6. The van der Waals surface area contributed by atoms with E-state index in [0.29, 0.717) is 39.2 Å². The molecule has 0 spiro atoms. The Bertz CT molecular complexity index is 2080. The fraction of sp³-hybridized carbons (Fsp3) is 0.0625. The van der Waals surface area contributed by atoms with Crippen LogP contribution in [0.4, 0.5) is 5.82 Å². The average Bonchev–Trinajstić information content (AvgIpc) is 3.83. The van der Waals surface area contributed by atoms with Crippen molar-refractivity contribution < 1.29 is 24.0 Å². The van der Waals surface area contributed by atoms with Crippen molar-refractivity contribution in [2.45, 2.75) is 13.1 Å². The van der Waals surface area contributed by atoms with Crippen molar-refractivity contribution in [3.63, 3.8) is 0 Å². The Morgan fingerprint density at radius 1 is 0.911 bits per heavy atom. The van der Waals surface area contributed by atoms with Crippen LogP contribution in [-0.4, -0.2) is 42.3 Å². The van der Waals surface area contributed by atoms with E-state index in [-0.39, 0.29) is 23.4 Å². The van der Waals surface area contributed by atoms with E-state index in [1.165, 1.54) is 63.2 Å². The van der Waals surface area contributed by atoms with E-state index in [0.717, 1.165) is 4.88 Å². The summed E-state index contributed by atoms with van der Waals surface area (Å²) in [7, 11) is 0. The number of carboxylic acid groups (broad SMARTS) is 1. The molecule has 0 aliphatic heterocycles. The normalized spacial score (nSPS) is 11.0. The number of nitrogens with zero attached hydrogens (tertiary/aromatic N) is 4. The number of thiophene rings is 1. The van der Waals surface area contributed by atoms with Crippen LogP contribution in [0.15, 0.2) is 107 Å². The molecule has 6 rings (SSSR count). The molecule has 0 atom stereocenters. The summed E-state index contributed by atoms with van der Waals surface area (Å²) in [6.45, 7) is 0.0695. The number of benzene rings is 2. The van der Waals surface area contributed by atoms with Gasteiger partial charge < -0.3 is 19.5 Å². The predicted molar refractivity (Wildman–Crippen MR) is 168 cm³/mol. The van der Waals surface area contributed by atoms with Crippen LogP contribution < -0.4 is 10.9 Å². The van der Waals surface area contributed by atoms with Crippen LogP contribution in [0.25, 0.3) is 22.5 Å². The number of rotatable bonds is 10. The number of carboxylic acids is 1. The molecule has 0 unspecified atom stereocenters. The molecule has 224 valence electrons. The first kappa shape index (κ1) is 29.5. The molecule has 4 heterocycles. The number of aromatic nitrogens is 4. The van der Waals surface area contributed by atoms with Crippen molar-refractivity contribution in [1.82, 2.24) is 19.5 Å². The first-order valence-corrected chi connectivity index (χ1v) is 14.7. The second kappa shape index (κ2) is 12.6. The lowest BCUT2D eigenvalue weighted by atomic mass is 10.1. The zero-order valence-corrected chi connectivity index (χ0v) is 24.8. The van der Waals surface area contributed by atoms with Crippen molar-refractivity contribution in [3.8, 4) is 22.5 Å². The molecule has 0 aliphatic carbocycles. The molecule has 45 heavy (non-hydrogen) atoms. The van der Waals surface area contributed by atoms with E-state index in [9.17, 15) is 24.3 Å². The van der Waals surface area contributed by atoms with Gasteiger partial charge in [0.15, 0.2) is 5.69 Å². The molecule has 2 N–H and O–H groups in total. The maximum Gasteiger partial charge on any atom is 0.335 e. The average molecular weight is 640 g/mol. The topological polar surface area (TPSA) is 149 Å². The minimum Gasteiger partial charge on any atom is -0.478 e. The maximum atomic E-state index is 13.6. The molecule has 13 heteroatoms. The van der Waals surface area contributed by atoms with E-state index < -0.39 is 23.2 Å². The number of pyridine rings is 1. The summed E-state index contributed by atoms with van der Waals surface area (Å²) in [5.74, 6) is -1.69. The van der Waals surface area contributed by atoms with Gasteiger partial charge in [-0.2, -0.15) is 9.78 Å². The molecule has 0 saturated heterocycles. The highest BCUT2D eigenvalue weighted by Crippen LogP contribution is 2.28. The number of Topliss-reactive ketones (excluding diaryl/α,β-unsaturated/α-hetero) is 1. The van der Waals surface area contributed by atoms with Crippen LogP contribution in [0.5, 0.6) is 0 Å². The first-order valence-electron chi connectivity index (χ1n) is 13.5. The van der Waals surface area contributed by atoms with Gasteiger partial charge in [-0.15, -0.1) is 11.3 Å². The predicted octanol–water partition coefficient (Wildman–Crippen LogP) is 5.96. The van der Waals surface area contributed by atoms with Gasteiger partial charge in [0.25, 0.3) is 11.5 Å². The van der Waals surface area contributed by atoms with Gasteiger partial charge in [-0.1, -0.05) is 47.1 Å². The van der Waals surface area contributed by atoms with Gasteiger partial charge in [-0.25, -0.2) is 4.79 Å². The SMILES string of the molecule is O=C(O)c1ccc(C(=O)n2nc(-c3cc(-c4ccccc4)n(CC(=O)c4ccon4)c(=O)c3)cc2NCc2ccc(Cl)s2)cc1. The minimum absolute atomic E-state index is 0.0386. The summed E-state index contributed by atoms with van der Waals surface area (Å²) < 4.78 is 7.93. The lowest BCUT2D eigenvalue weighted by Gasteiger charge is -2.13. The fourth-order valence-corrected chi connectivity index (χ4v) is 5.67. The van der Waals surface area contributed by atoms with Crippen LogP contribution in [-0.2, 0) is 13.1 Å². The fourth-order valence-electron chi connectivity index (χ4n) is 4.64. The van der Waals surface area contributed by atoms with Crippen molar-refractivity contribution in [3.05, 3.63) is 134 Å². The summed E-state index contributed by atoms with van der Waals surface area (Å²) >= 11 is 7.48. The molecular formula is C32H22ClN5O6S. The van der Waals surface area contributed by atoms with E-state index in [4.69, 9.17) is 16.1 Å². The number of aromatic carboxylic acids is 1. The molecule has 2 aromatic carbocycles. The van der Waals surface area contributed by atoms with Gasteiger partial charge in [0, 0.05) is 34.2 Å². The van der Waals surface area contributed by atoms with Crippen molar-refractivity contribution >= 4 is 46.4 Å². The Hall–Kier alpha value is -5.59. The van der Waals surface area contributed by atoms with Crippen LogP contribution in [0.3, 0.4) is 0 Å². The number of ketones is 1. The van der Waals surface area contributed by atoms with E-state index in [1.54, 1.807) is 18.2 Å². The molecule has 6 aromatic rings. The number of hydrogen-bond acceptors (Lipinski definition) is 9. The van der Waals surface area contributed by atoms with E-state index in [2.05, 4.69) is 15.6 Å². The van der Waals surface area contributed by atoms with E-state index >= 15 is 0 Å². The summed E-state index contributed by atoms with van der Waals surface area (Å²) in [6, 6.07) is 24.4. The highest BCUT2D eigenvalue weighted by atomic mass is 35.5. The molecule has 0 saturated carbocycles. The summed E-state index contributed by atoms with van der Waals surface area (Å²) in [6.07, 6.45) is 1.29.